The normalized spacial score (nSPS) is 22.0. The van der Waals surface area contributed by atoms with E-state index in [2.05, 4.69) is 25.6 Å². The maximum atomic E-state index is 13.0. The van der Waals surface area contributed by atoms with Crippen LogP contribution in [-0.2, 0) is 16.6 Å². The summed E-state index contributed by atoms with van der Waals surface area (Å²) in [6, 6.07) is 6.35. The number of carbonyl (C=O) groups is 1. The first-order chi connectivity index (χ1) is 17.6. The smallest absolute Gasteiger partial charge is 0.383 e. The van der Waals surface area contributed by atoms with Crippen LogP contribution in [0.5, 0.6) is 0 Å². The van der Waals surface area contributed by atoms with Gasteiger partial charge in [-0.05, 0) is 80.7 Å². The van der Waals surface area contributed by atoms with Crippen molar-refractivity contribution in [1.82, 2.24) is 20.3 Å². The number of carbonyl (C=O) groups excluding carboxylic acids is 1. The fourth-order valence-electron chi connectivity index (χ4n) is 4.61. The van der Waals surface area contributed by atoms with E-state index in [1.54, 1.807) is 18.3 Å². The van der Waals surface area contributed by atoms with Crippen molar-refractivity contribution >= 4 is 28.9 Å². The predicted molar refractivity (Wildman–Crippen MR) is 134 cm³/mol. The number of benzene rings is 1. The summed E-state index contributed by atoms with van der Waals surface area (Å²) < 4.78 is 39.0. The number of rotatable bonds is 7. The molecule has 1 amide bonds. The molecule has 0 radical (unpaired) electrons. The Labute approximate surface area is 216 Å². The summed E-state index contributed by atoms with van der Waals surface area (Å²) in [5, 5.41) is 17.8. The van der Waals surface area contributed by atoms with Gasteiger partial charge in [-0.15, -0.1) is 11.3 Å². The second kappa shape index (κ2) is 10.0. The predicted octanol–water partition coefficient (Wildman–Crippen LogP) is 5.57. The monoisotopic (exact) mass is 531 g/mol. The van der Waals surface area contributed by atoms with Crippen LogP contribution in [0.3, 0.4) is 0 Å². The molecule has 0 atom stereocenters. The van der Waals surface area contributed by atoms with E-state index in [0.717, 1.165) is 34.8 Å². The van der Waals surface area contributed by atoms with E-state index >= 15 is 0 Å². The summed E-state index contributed by atoms with van der Waals surface area (Å²) in [4.78, 5) is 25.3. The molecule has 2 aliphatic rings. The number of aryl methyl sites for hydroxylation is 1. The van der Waals surface area contributed by atoms with Crippen molar-refractivity contribution in [2.75, 3.05) is 11.9 Å². The molecule has 0 aliphatic heterocycles. The molecule has 2 saturated carbocycles. The maximum absolute atomic E-state index is 13.0. The van der Waals surface area contributed by atoms with Crippen LogP contribution in [-0.4, -0.2) is 32.5 Å². The van der Waals surface area contributed by atoms with E-state index in [9.17, 15) is 23.1 Å². The molecular weight excluding hydrogens is 503 g/mol. The summed E-state index contributed by atoms with van der Waals surface area (Å²) in [7, 11) is 0. The van der Waals surface area contributed by atoms with Gasteiger partial charge in [0, 0.05) is 30.5 Å². The van der Waals surface area contributed by atoms with Gasteiger partial charge in [0.25, 0.3) is 0 Å². The molecule has 196 valence electrons. The van der Waals surface area contributed by atoms with Gasteiger partial charge in [0.15, 0.2) is 0 Å². The molecule has 0 spiro atoms. The molecule has 0 bridgehead atoms. The highest BCUT2D eigenvalue weighted by atomic mass is 32.1. The molecule has 0 saturated heterocycles. The van der Waals surface area contributed by atoms with Crippen LogP contribution in [0.4, 0.5) is 24.8 Å². The number of alkyl halides is 3. The number of anilines is 2. The lowest BCUT2D eigenvalue weighted by atomic mass is 9.78. The molecule has 7 nitrogen and oxygen atoms in total. The Morgan fingerprint density at radius 2 is 1.92 bits per heavy atom. The molecule has 3 aromatic rings. The lowest BCUT2D eigenvalue weighted by Crippen LogP contribution is -2.38. The molecule has 2 aromatic heterocycles. The standard InChI is InChI=1S/C26H28F3N5O2S/c1-15-10-18(12-19(11-15)33-24-30-9-6-21(34-24)26(27,28)29)20-14-32-23(37-20)25(36)7-4-17(5-8-25)22(35)31-13-16-2-3-16/h6,9-12,14,16-17,36H,2-5,7-8,13H2,1H3,(H,31,35)(H,30,33,34). The summed E-state index contributed by atoms with van der Waals surface area (Å²) >= 11 is 1.38. The fraction of sp³-hybridized carbons (Fsp3) is 0.462. The minimum absolute atomic E-state index is 0.0815. The maximum Gasteiger partial charge on any atom is 0.433 e. The third-order valence-corrected chi connectivity index (χ3v) is 8.15. The van der Waals surface area contributed by atoms with Gasteiger partial charge in [0.2, 0.25) is 11.9 Å². The van der Waals surface area contributed by atoms with Gasteiger partial charge in [0.05, 0.1) is 4.88 Å². The third-order valence-electron chi connectivity index (χ3n) is 6.91. The van der Waals surface area contributed by atoms with E-state index in [0.29, 0.717) is 42.3 Å². The minimum atomic E-state index is -4.56. The van der Waals surface area contributed by atoms with Gasteiger partial charge in [-0.1, -0.05) is 6.07 Å². The topological polar surface area (TPSA) is 100 Å². The van der Waals surface area contributed by atoms with Crippen LogP contribution in [0.15, 0.2) is 36.7 Å². The Kier molecular flexibility index (Phi) is 6.93. The first-order valence-electron chi connectivity index (χ1n) is 12.3. The number of nitrogens with one attached hydrogen (secondary N) is 2. The highest BCUT2D eigenvalue weighted by Gasteiger charge is 2.39. The Hall–Kier alpha value is -3.05. The number of aliphatic hydroxyl groups is 1. The number of thiazole rings is 1. The lowest BCUT2D eigenvalue weighted by molar-refractivity contribution is -0.141. The first kappa shape index (κ1) is 25.6. The van der Waals surface area contributed by atoms with E-state index < -0.39 is 17.5 Å². The Morgan fingerprint density at radius 3 is 2.62 bits per heavy atom. The van der Waals surface area contributed by atoms with Gasteiger partial charge in [-0.25, -0.2) is 15.0 Å². The second-order valence-corrected chi connectivity index (χ2v) is 11.0. The number of aromatic nitrogens is 3. The highest BCUT2D eigenvalue weighted by Crippen LogP contribution is 2.43. The summed E-state index contributed by atoms with van der Waals surface area (Å²) in [6.07, 6.45) is 2.74. The largest absolute Gasteiger partial charge is 0.433 e. The molecule has 2 heterocycles. The molecule has 5 rings (SSSR count). The van der Waals surface area contributed by atoms with Gasteiger partial charge in [-0.3, -0.25) is 4.79 Å². The molecule has 37 heavy (non-hydrogen) atoms. The van der Waals surface area contributed by atoms with Crippen LogP contribution in [0.25, 0.3) is 10.4 Å². The number of amides is 1. The van der Waals surface area contributed by atoms with Crippen molar-refractivity contribution in [2.24, 2.45) is 11.8 Å². The van der Waals surface area contributed by atoms with Crippen molar-refractivity contribution in [2.45, 2.75) is 57.2 Å². The number of halogens is 3. The van der Waals surface area contributed by atoms with Crippen LogP contribution in [0.2, 0.25) is 0 Å². The average Bonchev–Trinajstić information content (AvgIpc) is 3.54. The summed E-state index contributed by atoms with van der Waals surface area (Å²) in [5.74, 6) is 0.483. The van der Waals surface area contributed by atoms with E-state index in [-0.39, 0.29) is 17.8 Å². The van der Waals surface area contributed by atoms with Crippen molar-refractivity contribution in [3.8, 4) is 10.4 Å². The summed E-state index contributed by atoms with van der Waals surface area (Å²) in [6.45, 7) is 2.63. The summed E-state index contributed by atoms with van der Waals surface area (Å²) in [5.41, 5.74) is 0.148. The molecule has 0 unspecified atom stereocenters. The minimum Gasteiger partial charge on any atom is -0.383 e. The van der Waals surface area contributed by atoms with E-state index in [4.69, 9.17) is 0 Å². The first-order valence-corrected chi connectivity index (χ1v) is 13.2. The highest BCUT2D eigenvalue weighted by molar-refractivity contribution is 7.15. The second-order valence-electron chi connectivity index (χ2n) is 10.0. The van der Waals surface area contributed by atoms with Crippen LogP contribution in [0, 0.1) is 18.8 Å². The van der Waals surface area contributed by atoms with Crippen LogP contribution < -0.4 is 10.6 Å². The Bertz CT molecular complexity index is 1280. The van der Waals surface area contributed by atoms with Gasteiger partial charge in [-0.2, -0.15) is 13.2 Å². The van der Waals surface area contributed by atoms with Crippen molar-refractivity contribution in [3.05, 3.63) is 52.9 Å². The van der Waals surface area contributed by atoms with Gasteiger partial charge in [0.1, 0.15) is 16.3 Å². The number of hydrogen-bond acceptors (Lipinski definition) is 7. The van der Waals surface area contributed by atoms with Crippen molar-refractivity contribution < 1.29 is 23.1 Å². The molecular formula is C26H28F3N5O2S. The zero-order valence-corrected chi connectivity index (χ0v) is 21.1. The number of hydrogen-bond donors (Lipinski definition) is 3. The van der Waals surface area contributed by atoms with E-state index in [1.807, 2.05) is 13.0 Å². The Balaban J connectivity index is 1.27. The zero-order chi connectivity index (χ0) is 26.2. The molecule has 1 aromatic carbocycles. The lowest BCUT2D eigenvalue weighted by Gasteiger charge is -2.33. The van der Waals surface area contributed by atoms with Crippen molar-refractivity contribution in [1.29, 1.82) is 0 Å². The quantitative estimate of drug-likeness (QED) is 0.368. The molecule has 2 fully saturated rings. The third kappa shape index (κ3) is 6.10. The zero-order valence-electron chi connectivity index (χ0n) is 20.3. The van der Waals surface area contributed by atoms with Gasteiger partial charge >= 0.3 is 6.18 Å². The average molecular weight is 532 g/mol. The fourth-order valence-corrected chi connectivity index (χ4v) is 5.66. The molecule has 11 heteroatoms. The Morgan fingerprint density at radius 1 is 1.16 bits per heavy atom. The number of nitrogens with zero attached hydrogens (tertiary/aromatic N) is 3. The molecule has 2 aliphatic carbocycles. The molecule has 3 N–H and O–H groups in total. The van der Waals surface area contributed by atoms with Crippen LogP contribution >= 0.6 is 11.3 Å². The van der Waals surface area contributed by atoms with E-state index in [1.165, 1.54) is 24.2 Å². The SMILES string of the molecule is Cc1cc(Nc2nccc(C(F)(F)F)n2)cc(-c2cnc(C3(O)CCC(C(=O)NCC4CC4)CC3)s2)c1. The van der Waals surface area contributed by atoms with Crippen LogP contribution in [0.1, 0.15) is 54.8 Å². The van der Waals surface area contributed by atoms with Crippen molar-refractivity contribution in [3.63, 3.8) is 0 Å². The van der Waals surface area contributed by atoms with Gasteiger partial charge < -0.3 is 15.7 Å².